The normalized spacial score (nSPS) is 18.8. The Morgan fingerprint density at radius 3 is 2.26 bits per heavy atom. The number of ether oxygens (including phenoxy) is 1. The van der Waals surface area contributed by atoms with Gasteiger partial charge < -0.3 is 18.9 Å². The maximum atomic E-state index is 12.1. The van der Waals surface area contributed by atoms with Crippen molar-refractivity contribution in [1.82, 2.24) is 0 Å². The maximum Gasteiger partial charge on any atom is 0.494 e. The number of carbonyl (C=O) groups excluding carboxylic acids is 1. The number of anilines is 1. The summed E-state index contributed by atoms with van der Waals surface area (Å²) in [6.07, 6.45) is 0. The van der Waals surface area contributed by atoms with Crippen LogP contribution in [0.3, 0.4) is 0 Å². The molecule has 1 aliphatic rings. The molecular weight excluding hydrogens is 293 g/mol. The lowest BCUT2D eigenvalue weighted by Gasteiger charge is -2.32. The van der Waals surface area contributed by atoms with Gasteiger partial charge in [-0.3, -0.25) is 0 Å². The van der Waals surface area contributed by atoms with Crippen LogP contribution in [-0.4, -0.2) is 45.0 Å². The van der Waals surface area contributed by atoms with E-state index in [1.807, 2.05) is 58.7 Å². The Labute approximate surface area is 139 Å². The highest BCUT2D eigenvalue weighted by atomic mass is 16.7. The standard InChI is InChI=1S/C17H26BNO4/c1-8-19(6)14-10-9-12(11-13(14)15(20)21-7)18-22-16(2,3)17(4,5)23-18/h9-11H,8H2,1-7H3. The van der Waals surface area contributed by atoms with Gasteiger partial charge in [-0.25, -0.2) is 4.79 Å². The van der Waals surface area contributed by atoms with Gasteiger partial charge in [-0.15, -0.1) is 0 Å². The summed E-state index contributed by atoms with van der Waals surface area (Å²) in [4.78, 5) is 14.1. The molecule has 0 bridgehead atoms. The van der Waals surface area contributed by atoms with Crippen molar-refractivity contribution < 1.29 is 18.8 Å². The highest BCUT2D eigenvalue weighted by Crippen LogP contribution is 2.36. The van der Waals surface area contributed by atoms with E-state index in [1.54, 1.807) is 6.07 Å². The van der Waals surface area contributed by atoms with E-state index in [0.29, 0.717) is 5.56 Å². The van der Waals surface area contributed by atoms with Crippen LogP contribution in [-0.2, 0) is 14.0 Å². The van der Waals surface area contributed by atoms with Gasteiger partial charge in [0.15, 0.2) is 0 Å². The van der Waals surface area contributed by atoms with Crippen molar-refractivity contribution in [3.63, 3.8) is 0 Å². The predicted octanol–water partition coefficient (Wildman–Crippen LogP) is 2.23. The lowest BCUT2D eigenvalue weighted by atomic mass is 9.78. The van der Waals surface area contributed by atoms with Gasteiger partial charge >= 0.3 is 13.1 Å². The van der Waals surface area contributed by atoms with E-state index in [2.05, 4.69) is 0 Å². The van der Waals surface area contributed by atoms with Crippen molar-refractivity contribution in [2.75, 3.05) is 25.6 Å². The summed E-state index contributed by atoms with van der Waals surface area (Å²) in [5.41, 5.74) is 1.34. The first-order valence-electron chi connectivity index (χ1n) is 7.92. The number of rotatable bonds is 4. The van der Waals surface area contributed by atoms with Gasteiger partial charge in [0.05, 0.1) is 29.6 Å². The lowest BCUT2D eigenvalue weighted by Crippen LogP contribution is -2.41. The summed E-state index contributed by atoms with van der Waals surface area (Å²) in [5.74, 6) is -0.362. The van der Waals surface area contributed by atoms with Gasteiger partial charge in [-0.1, -0.05) is 6.07 Å². The van der Waals surface area contributed by atoms with Gasteiger partial charge in [-0.2, -0.15) is 0 Å². The third-order valence-corrected chi connectivity index (χ3v) is 4.84. The molecule has 1 aliphatic heterocycles. The van der Waals surface area contributed by atoms with Crippen molar-refractivity contribution in [1.29, 1.82) is 0 Å². The highest BCUT2D eigenvalue weighted by Gasteiger charge is 2.51. The first-order chi connectivity index (χ1) is 10.6. The van der Waals surface area contributed by atoms with Crippen LogP contribution in [0.1, 0.15) is 45.0 Å². The van der Waals surface area contributed by atoms with Gasteiger partial charge in [0, 0.05) is 13.6 Å². The molecule has 0 N–H and O–H groups in total. The highest BCUT2D eigenvalue weighted by molar-refractivity contribution is 6.62. The van der Waals surface area contributed by atoms with Crippen LogP contribution >= 0.6 is 0 Å². The third kappa shape index (κ3) is 3.24. The first kappa shape index (κ1) is 17.8. The number of hydrogen-bond acceptors (Lipinski definition) is 5. The zero-order valence-electron chi connectivity index (χ0n) is 15.1. The predicted molar refractivity (Wildman–Crippen MR) is 92.4 cm³/mol. The fraction of sp³-hybridized carbons (Fsp3) is 0.588. The molecule has 1 aromatic rings. The number of methoxy groups -OCH3 is 1. The Balaban J connectivity index is 2.41. The minimum atomic E-state index is -0.496. The van der Waals surface area contributed by atoms with E-state index in [4.69, 9.17) is 14.0 Å². The Morgan fingerprint density at radius 2 is 1.78 bits per heavy atom. The number of hydrogen-bond donors (Lipinski definition) is 0. The molecule has 2 rings (SSSR count). The van der Waals surface area contributed by atoms with Crippen molar-refractivity contribution in [3.8, 4) is 0 Å². The number of nitrogens with zero attached hydrogens (tertiary/aromatic N) is 1. The van der Waals surface area contributed by atoms with Crippen LogP contribution in [0.4, 0.5) is 5.69 Å². The quantitative estimate of drug-likeness (QED) is 0.629. The average Bonchev–Trinajstić information content (AvgIpc) is 2.73. The van der Waals surface area contributed by atoms with Crippen molar-refractivity contribution in [3.05, 3.63) is 23.8 Å². The largest absolute Gasteiger partial charge is 0.494 e. The molecule has 0 aromatic heterocycles. The Kier molecular flexibility index (Phi) is 4.78. The van der Waals surface area contributed by atoms with Crippen LogP contribution in [0.2, 0.25) is 0 Å². The third-order valence-electron chi connectivity index (χ3n) is 4.84. The molecule has 0 aliphatic carbocycles. The lowest BCUT2D eigenvalue weighted by molar-refractivity contribution is 0.00578. The van der Waals surface area contributed by atoms with Crippen LogP contribution in [0.25, 0.3) is 0 Å². The Hall–Kier alpha value is -1.53. The van der Waals surface area contributed by atoms with E-state index in [0.717, 1.165) is 17.7 Å². The summed E-state index contributed by atoms with van der Waals surface area (Å²) < 4.78 is 17.0. The zero-order valence-corrected chi connectivity index (χ0v) is 15.1. The molecule has 1 aromatic carbocycles. The Morgan fingerprint density at radius 1 is 1.22 bits per heavy atom. The second-order valence-corrected chi connectivity index (χ2v) is 6.87. The summed E-state index contributed by atoms with van der Waals surface area (Å²) in [6, 6.07) is 5.65. The van der Waals surface area contributed by atoms with E-state index >= 15 is 0 Å². The molecule has 0 amide bonds. The van der Waals surface area contributed by atoms with Gasteiger partial charge in [0.2, 0.25) is 0 Å². The summed E-state index contributed by atoms with van der Waals surface area (Å²) in [7, 11) is 2.83. The average molecular weight is 319 g/mol. The molecule has 1 fully saturated rings. The van der Waals surface area contributed by atoms with Crippen LogP contribution in [0.5, 0.6) is 0 Å². The monoisotopic (exact) mass is 319 g/mol. The maximum absolute atomic E-state index is 12.1. The smallest absolute Gasteiger partial charge is 0.465 e. The van der Waals surface area contributed by atoms with Gasteiger partial charge in [-0.05, 0) is 52.2 Å². The Bertz CT molecular complexity index is 584. The molecule has 1 heterocycles. The zero-order chi connectivity index (χ0) is 17.4. The summed E-state index contributed by atoms with van der Waals surface area (Å²) in [5, 5.41) is 0. The molecule has 0 spiro atoms. The SMILES string of the molecule is CCN(C)c1ccc(B2OC(C)(C)C(C)(C)O2)cc1C(=O)OC. The molecular formula is C17H26BNO4. The molecule has 126 valence electrons. The van der Waals surface area contributed by atoms with E-state index in [1.165, 1.54) is 7.11 Å². The molecule has 6 heteroatoms. The van der Waals surface area contributed by atoms with Gasteiger partial charge in [0.1, 0.15) is 0 Å². The molecule has 5 nitrogen and oxygen atoms in total. The molecule has 23 heavy (non-hydrogen) atoms. The second-order valence-electron chi connectivity index (χ2n) is 6.87. The fourth-order valence-electron chi connectivity index (χ4n) is 2.46. The van der Waals surface area contributed by atoms with E-state index < -0.39 is 18.3 Å². The van der Waals surface area contributed by atoms with Crippen LogP contribution < -0.4 is 10.4 Å². The molecule has 0 atom stereocenters. The van der Waals surface area contributed by atoms with Crippen molar-refractivity contribution in [2.45, 2.75) is 45.8 Å². The topological polar surface area (TPSA) is 48.0 Å². The van der Waals surface area contributed by atoms with Crippen molar-refractivity contribution in [2.24, 2.45) is 0 Å². The molecule has 0 saturated carbocycles. The molecule has 0 radical (unpaired) electrons. The summed E-state index contributed by atoms with van der Waals surface area (Å²) in [6.45, 7) is 10.9. The fourth-order valence-corrected chi connectivity index (χ4v) is 2.46. The molecule has 1 saturated heterocycles. The van der Waals surface area contributed by atoms with Crippen LogP contribution in [0.15, 0.2) is 18.2 Å². The minimum absolute atomic E-state index is 0.362. The number of esters is 1. The van der Waals surface area contributed by atoms with Crippen molar-refractivity contribution >= 4 is 24.2 Å². The van der Waals surface area contributed by atoms with Gasteiger partial charge in [0.25, 0.3) is 0 Å². The van der Waals surface area contributed by atoms with Crippen LogP contribution in [0, 0.1) is 0 Å². The van der Waals surface area contributed by atoms with E-state index in [9.17, 15) is 4.79 Å². The summed E-state index contributed by atoms with van der Waals surface area (Å²) >= 11 is 0. The number of benzene rings is 1. The first-order valence-corrected chi connectivity index (χ1v) is 7.92. The molecule has 0 unspecified atom stereocenters. The second kappa shape index (κ2) is 6.17. The minimum Gasteiger partial charge on any atom is -0.465 e. The number of carbonyl (C=O) groups is 1. The van der Waals surface area contributed by atoms with E-state index in [-0.39, 0.29) is 5.97 Å².